The standard InChI is InChI=1S/C19H26N4O3/c1-4-5-14-10-25-11-15-9-22(6-7-23(14)15)19(24)16-8-12(2)20-18-17(16)13(3)21-26-18/h8,14-15H,4-7,9-11H2,1-3H3/t14-,15+/m0/s1. The number of nitrogens with zero attached hydrogens (tertiary/aromatic N) is 4. The average Bonchev–Trinajstić information content (AvgIpc) is 3.01. The third kappa shape index (κ3) is 2.99. The highest BCUT2D eigenvalue weighted by Gasteiger charge is 2.37. The van der Waals surface area contributed by atoms with Crippen molar-refractivity contribution in [1.82, 2.24) is 19.9 Å². The van der Waals surface area contributed by atoms with Crippen LogP contribution in [0.3, 0.4) is 0 Å². The van der Waals surface area contributed by atoms with Crippen LogP contribution >= 0.6 is 0 Å². The van der Waals surface area contributed by atoms with E-state index in [9.17, 15) is 4.79 Å². The second kappa shape index (κ2) is 6.96. The van der Waals surface area contributed by atoms with Gasteiger partial charge in [0.15, 0.2) is 0 Å². The van der Waals surface area contributed by atoms with E-state index in [4.69, 9.17) is 9.26 Å². The Morgan fingerprint density at radius 1 is 1.31 bits per heavy atom. The molecule has 0 unspecified atom stereocenters. The van der Waals surface area contributed by atoms with Gasteiger partial charge in [0.2, 0.25) is 0 Å². The van der Waals surface area contributed by atoms with E-state index >= 15 is 0 Å². The number of carbonyl (C=O) groups is 1. The summed E-state index contributed by atoms with van der Waals surface area (Å²) in [5, 5.41) is 4.71. The van der Waals surface area contributed by atoms with Crippen molar-refractivity contribution in [1.29, 1.82) is 0 Å². The summed E-state index contributed by atoms with van der Waals surface area (Å²) in [7, 11) is 0. The molecule has 2 aliphatic rings. The zero-order chi connectivity index (χ0) is 18.3. The lowest BCUT2D eigenvalue weighted by Gasteiger charge is -2.48. The van der Waals surface area contributed by atoms with Crippen molar-refractivity contribution >= 4 is 17.0 Å². The van der Waals surface area contributed by atoms with Crippen molar-refractivity contribution in [3.8, 4) is 0 Å². The first-order valence-corrected chi connectivity index (χ1v) is 9.45. The molecule has 140 valence electrons. The van der Waals surface area contributed by atoms with Gasteiger partial charge in [-0.2, -0.15) is 0 Å². The fourth-order valence-corrected chi connectivity index (χ4v) is 4.26. The van der Waals surface area contributed by atoms with Gasteiger partial charge in [-0.15, -0.1) is 0 Å². The summed E-state index contributed by atoms with van der Waals surface area (Å²) in [6, 6.07) is 2.60. The molecule has 0 radical (unpaired) electrons. The van der Waals surface area contributed by atoms with E-state index in [-0.39, 0.29) is 11.9 Å². The van der Waals surface area contributed by atoms with E-state index in [1.807, 2.05) is 24.8 Å². The molecule has 7 heteroatoms. The largest absolute Gasteiger partial charge is 0.378 e. The Bertz CT molecular complexity index is 816. The molecule has 0 saturated carbocycles. The molecule has 0 aromatic carbocycles. The van der Waals surface area contributed by atoms with E-state index in [1.165, 1.54) is 0 Å². The lowest BCUT2D eigenvalue weighted by Crippen LogP contribution is -2.62. The molecule has 4 rings (SSSR count). The lowest BCUT2D eigenvalue weighted by molar-refractivity contribution is -0.0776. The highest BCUT2D eigenvalue weighted by Crippen LogP contribution is 2.26. The molecule has 7 nitrogen and oxygen atoms in total. The van der Waals surface area contributed by atoms with Crippen LogP contribution in [0.1, 0.15) is 41.5 Å². The second-order valence-electron chi connectivity index (χ2n) is 7.38. The van der Waals surface area contributed by atoms with Crippen LogP contribution in [-0.4, -0.2) is 70.8 Å². The van der Waals surface area contributed by atoms with Crippen LogP contribution in [0.4, 0.5) is 0 Å². The number of piperazine rings is 1. The van der Waals surface area contributed by atoms with Gasteiger partial charge in [0.1, 0.15) is 0 Å². The highest BCUT2D eigenvalue weighted by molar-refractivity contribution is 6.06. The molecule has 2 aliphatic heterocycles. The summed E-state index contributed by atoms with van der Waals surface area (Å²) >= 11 is 0. The summed E-state index contributed by atoms with van der Waals surface area (Å²) in [6.45, 7) is 9.78. The van der Waals surface area contributed by atoms with Crippen LogP contribution in [0.2, 0.25) is 0 Å². The summed E-state index contributed by atoms with van der Waals surface area (Å²) in [5.41, 5.74) is 2.55. The number of hydrogen-bond donors (Lipinski definition) is 0. The SMILES string of the molecule is CCC[C@H]1COC[C@H]2CN(C(=O)c3cc(C)nc4onc(C)c34)CCN12. The summed E-state index contributed by atoms with van der Waals surface area (Å²) < 4.78 is 11.1. The molecule has 1 amide bonds. The van der Waals surface area contributed by atoms with Crippen molar-refractivity contribution in [3.05, 3.63) is 23.0 Å². The first-order valence-electron chi connectivity index (χ1n) is 9.45. The molecule has 0 bridgehead atoms. The maximum Gasteiger partial charge on any atom is 0.258 e. The van der Waals surface area contributed by atoms with Crippen molar-refractivity contribution in [2.24, 2.45) is 0 Å². The van der Waals surface area contributed by atoms with Crippen LogP contribution in [0.25, 0.3) is 11.1 Å². The van der Waals surface area contributed by atoms with Gasteiger partial charge in [-0.05, 0) is 26.3 Å². The van der Waals surface area contributed by atoms with Gasteiger partial charge in [0, 0.05) is 31.4 Å². The molecule has 2 atom stereocenters. The van der Waals surface area contributed by atoms with E-state index in [0.717, 1.165) is 43.6 Å². The van der Waals surface area contributed by atoms with E-state index in [2.05, 4.69) is 22.0 Å². The molecule has 26 heavy (non-hydrogen) atoms. The Morgan fingerprint density at radius 3 is 2.96 bits per heavy atom. The van der Waals surface area contributed by atoms with Gasteiger partial charge < -0.3 is 14.2 Å². The maximum atomic E-state index is 13.3. The summed E-state index contributed by atoms with van der Waals surface area (Å²) in [5.74, 6) is 0.0315. The van der Waals surface area contributed by atoms with Crippen LogP contribution in [-0.2, 0) is 4.74 Å². The number of rotatable bonds is 3. The minimum Gasteiger partial charge on any atom is -0.378 e. The molecule has 2 fully saturated rings. The first-order chi connectivity index (χ1) is 12.6. The zero-order valence-electron chi connectivity index (χ0n) is 15.7. The van der Waals surface area contributed by atoms with Gasteiger partial charge in [0.25, 0.3) is 11.6 Å². The topological polar surface area (TPSA) is 71.7 Å². The predicted octanol–water partition coefficient (Wildman–Crippen LogP) is 2.16. The summed E-state index contributed by atoms with van der Waals surface area (Å²) in [6.07, 6.45) is 2.30. The molecule has 0 spiro atoms. The van der Waals surface area contributed by atoms with E-state index < -0.39 is 0 Å². The minimum atomic E-state index is 0.0315. The van der Waals surface area contributed by atoms with Gasteiger partial charge in [-0.3, -0.25) is 9.69 Å². The van der Waals surface area contributed by atoms with E-state index in [0.29, 0.717) is 36.2 Å². The van der Waals surface area contributed by atoms with Gasteiger partial charge in [-0.1, -0.05) is 18.5 Å². The quantitative estimate of drug-likeness (QED) is 0.837. The first kappa shape index (κ1) is 17.4. The number of carbonyl (C=O) groups excluding carboxylic acids is 1. The highest BCUT2D eigenvalue weighted by atomic mass is 16.5. The van der Waals surface area contributed by atoms with Crippen LogP contribution < -0.4 is 0 Å². The normalized spacial score (nSPS) is 24.0. The van der Waals surface area contributed by atoms with Gasteiger partial charge in [-0.25, -0.2) is 4.98 Å². The Hall–Kier alpha value is -1.99. The smallest absolute Gasteiger partial charge is 0.258 e. The Labute approximate surface area is 153 Å². The average molecular weight is 358 g/mol. The Kier molecular flexibility index (Phi) is 4.67. The van der Waals surface area contributed by atoms with Crippen molar-refractivity contribution in [3.63, 3.8) is 0 Å². The number of pyridine rings is 1. The Balaban J connectivity index is 1.58. The number of hydrogen-bond acceptors (Lipinski definition) is 6. The number of aryl methyl sites for hydroxylation is 2. The van der Waals surface area contributed by atoms with Crippen LogP contribution in [0.5, 0.6) is 0 Å². The zero-order valence-corrected chi connectivity index (χ0v) is 15.7. The fourth-order valence-electron chi connectivity index (χ4n) is 4.26. The minimum absolute atomic E-state index is 0.0315. The number of morpholine rings is 1. The molecule has 0 N–H and O–H groups in total. The third-order valence-electron chi connectivity index (χ3n) is 5.50. The number of aromatic nitrogens is 2. The van der Waals surface area contributed by atoms with Crippen LogP contribution in [0, 0.1) is 13.8 Å². The molecule has 4 heterocycles. The maximum absolute atomic E-state index is 13.3. The molecular formula is C19H26N4O3. The lowest BCUT2D eigenvalue weighted by atomic mass is 10.0. The van der Waals surface area contributed by atoms with Crippen molar-refractivity contribution in [2.45, 2.75) is 45.7 Å². The monoisotopic (exact) mass is 358 g/mol. The van der Waals surface area contributed by atoms with Gasteiger partial charge in [0.05, 0.1) is 35.9 Å². The predicted molar refractivity (Wildman–Crippen MR) is 97.2 cm³/mol. The fraction of sp³-hybridized carbons (Fsp3) is 0.632. The van der Waals surface area contributed by atoms with Crippen LogP contribution in [0.15, 0.2) is 10.6 Å². The van der Waals surface area contributed by atoms with E-state index in [1.54, 1.807) is 0 Å². The molecular weight excluding hydrogens is 332 g/mol. The third-order valence-corrected chi connectivity index (χ3v) is 5.50. The number of ether oxygens (including phenoxy) is 1. The van der Waals surface area contributed by atoms with Gasteiger partial charge >= 0.3 is 0 Å². The molecule has 2 saturated heterocycles. The number of fused-ring (bicyclic) bond motifs is 2. The molecule has 0 aliphatic carbocycles. The Morgan fingerprint density at radius 2 is 2.15 bits per heavy atom. The molecule has 2 aromatic rings. The van der Waals surface area contributed by atoms with Crippen molar-refractivity contribution in [2.75, 3.05) is 32.8 Å². The second-order valence-corrected chi connectivity index (χ2v) is 7.38. The summed E-state index contributed by atoms with van der Waals surface area (Å²) in [4.78, 5) is 22.1. The molecule has 2 aromatic heterocycles. The number of amides is 1. The van der Waals surface area contributed by atoms with Crippen molar-refractivity contribution < 1.29 is 14.1 Å².